The van der Waals surface area contributed by atoms with Crippen molar-refractivity contribution in [2.75, 3.05) is 24.5 Å². The van der Waals surface area contributed by atoms with E-state index in [2.05, 4.69) is 14.9 Å². The number of thiophene rings is 1. The molecule has 2 aliphatic heterocycles. The summed E-state index contributed by atoms with van der Waals surface area (Å²) in [6.45, 7) is 1.72. The van der Waals surface area contributed by atoms with E-state index in [4.69, 9.17) is 0 Å². The molecule has 3 atom stereocenters. The van der Waals surface area contributed by atoms with Gasteiger partial charge >= 0.3 is 5.97 Å². The molecule has 2 saturated heterocycles. The van der Waals surface area contributed by atoms with Gasteiger partial charge in [0.2, 0.25) is 5.91 Å². The zero-order chi connectivity index (χ0) is 18.6. The van der Waals surface area contributed by atoms with Gasteiger partial charge in [-0.15, -0.1) is 11.3 Å². The molecule has 0 radical (unpaired) electrons. The smallest absolute Gasteiger partial charge is 0.311 e. The van der Waals surface area contributed by atoms with Crippen molar-refractivity contribution in [3.8, 4) is 0 Å². The lowest BCUT2D eigenvalue weighted by Gasteiger charge is -2.30. The first-order valence-electron chi connectivity index (χ1n) is 9.57. The lowest BCUT2D eigenvalue weighted by Crippen LogP contribution is -2.46. The molecule has 142 valence electrons. The number of carbonyl (C=O) groups excluding carboxylic acids is 1. The van der Waals surface area contributed by atoms with Crippen molar-refractivity contribution in [3.63, 3.8) is 0 Å². The molecule has 4 heterocycles. The van der Waals surface area contributed by atoms with Crippen LogP contribution in [-0.2, 0) is 9.59 Å². The topological polar surface area (TPSA) is 86.6 Å². The number of aliphatic carboxylic acids is 1. The van der Waals surface area contributed by atoms with Crippen LogP contribution in [0.15, 0.2) is 17.8 Å². The number of hydrogen-bond acceptors (Lipinski definition) is 6. The van der Waals surface area contributed by atoms with Crippen LogP contribution in [0.25, 0.3) is 10.2 Å². The third-order valence-electron chi connectivity index (χ3n) is 6.66. The first-order chi connectivity index (χ1) is 13.1. The highest BCUT2D eigenvalue weighted by Gasteiger charge is 2.56. The van der Waals surface area contributed by atoms with Gasteiger partial charge in [-0.2, -0.15) is 0 Å². The van der Waals surface area contributed by atoms with E-state index in [0.29, 0.717) is 19.5 Å². The average Bonchev–Trinajstić information content (AvgIpc) is 3.42. The first-order valence-corrected chi connectivity index (χ1v) is 10.5. The van der Waals surface area contributed by atoms with Gasteiger partial charge in [0, 0.05) is 19.6 Å². The van der Waals surface area contributed by atoms with E-state index < -0.39 is 11.4 Å². The monoisotopic (exact) mass is 386 g/mol. The number of carbonyl (C=O) groups is 2. The molecule has 5 rings (SSSR count). The predicted octanol–water partition coefficient (Wildman–Crippen LogP) is 2.37. The Morgan fingerprint density at radius 1 is 1.26 bits per heavy atom. The minimum Gasteiger partial charge on any atom is -0.481 e. The zero-order valence-electron chi connectivity index (χ0n) is 15.0. The van der Waals surface area contributed by atoms with Crippen LogP contribution in [0.3, 0.4) is 0 Å². The highest BCUT2D eigenvalue weighted by Crippen LogP contribution is 2.49. The van der Waals surface area contributed by atoms with E-state index >= 15 is 0 Å². The summed E-state index contributed by atoms with van der Waals surface area (Å²) in [5, 5.41) is 12.8. The van der Waals surface area contributed by atoms with Crippen LogP contribution in [0.1, 0.15) is 32.1 Å². The fraction of sp³-hybridized carbons (Fsp3) is 0.579. The lowest BCUT2D eigenvalue weighted by molar-refractivity contribution is -0.149. The molecule has 1 N–H and O–H groups in total. The molecule has 3 aliphatic rings. The van der Waals surface area contributed by atoms with Crippen LogP contribution in [0.5, 0.6) is 0 Å². The molecular weight excluding hydrogens is 364 g/mol. The van der Waals surface area contributed by atoms with Crippen molar-refractivity contribution in [2.45, 2.75) is 38.1 Å². The van der Waals surface area contributed by atoms with Gasteiger partial charge in [-0.1, -0.05) is 6.42 Å². The normalized spacial score (nSPS) is 30.2. The highest BCUT2D eigenvalue weighted by atomic mass is 32.1. The Morgan fingerprint density at radius 2 is 2.15 bits per heavy atom. The van der Waals surface area contributed by atoms with Crippen LogP contribution < -0.4 is 4.90 Å². The fourth-order valence-corrected chi connectivity index (χ4v) is 6.03. The van der Waals surface area contributed by atoms with E-state index in [9.17, 15) is 14.7 Å². The van der Waals surface area contributed by atoms with Crippen molar-refractivity contribution in [2.24, 2.45) is 11.3 Å². The second-order valence-corrected chi connectivity index (χ2v) is 8.85. The predicted molar refractivity (Wildman–Crippen MR) is 102 cm³/mol. The van der Waals surface area contributed by atoms with E-state index in [-0.39, 0.29) is 17.9 Å². The molecular formula is C19H22N4O3S. The largest absolute Gasteiger partial charge is 0.481 e. The summed E-state index contributed by atoms with van der Waals surface area (Å²) >= 11 is 1.57. The SMILES string of the molecule is O=C(C1CCCN1c1ncnc2sccc12)N1C[C@@H]2CCC[C@@]2(C(=O)O)C1. The summed E-state index contributed by atoms with van der Waals surface area (Å²) in [5.41, 5.74) is -0.728. The van der Waals surface area contributed by atoms with E-state index in [1.165, 1.54) is 0 Å². The second kappa shape index (κ2) is 6.15. The van der Waals surface area contributed by atoms with Crippen LogP contribution in [0.2, 0.25) is 0 Å². The van der Waals surface area contributed by atoms with E-state index in [0.717, 1.165) is 48.3 Å². The Hall–Kier alpha value is -2.22. The van der Waals surface area contributed by atoms with Gasteiger partial charge in [0.1, 0.15) is 23.0 Å². The van der Waals surface area contributed by atoms with Gasteiger partial charge in [-0.3, -0.25) is 9.59 Å². The molecule has 7 nitrogen and oxygen atoms in total. The number of hydrogen-bond donors (Lipinski definition) is 1. The molecule has 0 aromatic carbocycles. The molecule has 2 aromatic heterocycles. The number of rotatable bonds is 3. The van der Waals surface area contributed by atoms with Crippen LogP contribution >= 0.6 is 11.3 Å². The maximum Gasteiger partial charge on any atom is 0.311 e. The van der Waals surface area contributed by atoms with E-state index in [1.807, 2.05) is 16.3 Å². The van der Waals surface area contributed by atoms with Gasteiger partial charge in [0.15, 0.2) is 0 Å². The molecule has 3 fully saturated rings. The van der Waals surface area contributed by atoms with Crippen molar-refractivity contribution in [3.05, 3.63) is 17.8 Å². The number of likely N-dealkylation sites (tertiary alicyclic amines) is 1. The number of aromatic nitrogens is 2. The Bertz CT molecular complexity index is 915. The lowest BCUT2D eigenvalue weighted by atomic mass is 9.81. The number of carboxylic acids is 1. The zero-order valence-corrected chi connectivity index (χ0v) is 15.8. The van der Waals surface area contributed by atoms with Crippen molar-refractivity contribution in [1.29, 1.82) is 0 Å². The van der Waals surface area contributed by atoms with E-state index in [1.54, 1.807) is 17.7 Å². The molecule has 1 unspecified atom stereocenters. The Kier molecular flexibility index (Phi) is 3.86. The minimum absolute atomic E-state index is 0.0597. The summed E-state index contributed by atoms with van der Waals surface area (Å²) in [6, 6.07) is 1.75. The summed E-state index contributed by atoms with van der Waals surface area (Å²) in [6.07, 6.45) is 5.83. The molecule has 1 saturated carbocycles. The van der Waals surface area contributed by atoms with Crippen molar-refractivity contribution in [1.82, 2.24) is 14.9 Å². The Balaban J connectivity index is 1.42. The first kappa shape index (κ1) is 16.9. The Labute approximate surface area is 161 Å². The van der Waals surface area contributed by atoms with Gasteiger partial charge in [-0.25, -0.2) is 9.97 Å². The van der Waals surface area contributed by atoms with Crippen LogP contribution in [0, 0.1) is 11.3 Å². The molecule has 1 amide bonds. The Morgan fingerprint density at radius 3 is 2.96 bits per heavy atom. The molecule has 27 heavy (non-hydrogen) atoms. The summed E-state index contributed by atoms with van der Waals surface area (Å²) in [4.78, 5) is 38.9. The molecule has 8 heteroatoms. The number of amides is 1. The van der Waals surface area contributed by atoms with Crippen molar-refractivity contribution >= 4 is 39.2 Å². The fourth-order valence-electron chi connectivity index (χ4n) is 5.30. The molecule has 0 spiro atoms. The standard InChI is InChI=1S/C19H22N4O3S/c24-17(22-9-12-3-1-6-19(12,10-22)18(25)26)14-4-2-7-23(14)15-13-5-8-27-16(13)21-11-20-15/h5,8,11-12,14H,1-4,6-7,9-10H2,(H,25,26)/t12-,14?,19+/m0/s1. The maximum atomic E-state index is 13.4. The number of fused-ring (bicyclic) bond motifs is 2. The maximum absolute atomic E-state index is 13.4. The number of carboxylic acid groups (broad SMARTS) is 1. The molecule has 2 aromatic rings. The summed E-state index contributed by atoms with van der Waals surface area (Å²) in [5.74, 6) is 0.241. The van der Waals surface area contributed by atoms with Crippen LogP contribution in [-0.4, -0.2) is 57.5 Å². The van der Waals surface area contributed by atoms with Gasteiger partial charge in [-0.05, 0) is 43.0 Å². The van der Waals surface area contributed by atoms with Crippen molar-refractivity contribution < 1.29 is 14.7 Å². The van der Waals surface area contributed by atoms with Gasteiger partial charge < -0.3 is 14.9 Å². The third kappa shape index (κ3) is 2.46. The second-order valence-electron chi connectivity index (χ2n) is 7.96. The number of anilines is 1. The van der Waals surface area contributed by atoms with Gasteiger partial charge in [0.25, 0.3) is 0 Å². The van der Waals surface area contributed by atoms with Crippen LogP contribution in [0.4, 0.5) is 5.82 Å². The number of nitrogens with zero attached hydrogens (tertiary/aromatic N) is 4. The molecule has 1 aliphatic carbocycles. The summed E-state index contributed by atoms with van der Waals surface area (Å²) < 4.78 is 0. The minimum atomic E-state index is -0.737. The summed E-state index contributed by atoms with van der Waals surface area (Å²) in [7, 11) is 0. The highest BCUT2D eigenvalue weighted by molar-refractivity contribution is 7.16. The molecule has 0 bridgehead atoms. The average molecular weight is 386 g/mol. The third-order valence-corrected chi connectivity index (χ3v) is 7.48. The van der Waals surface area contributed by atoms with Gasteiger partial charge in [0.05, 0.1) is 10.8 Å². The quantitative estimate of drug-likeness (QED) is 0.872.